The number of nitrogens with one attached hydrogen (secondary N) is 1. The van der Waals surface area contributed by atoms with Crippen LogP contribution in [-0.2, 0) is 11.3 Å². The van der Waals surface area contributed by atoms with Gasteiger partial charge in [-0.3, -0.25) is 0 Å². The van der Waals surface area contributed by atoms with Crippen LogP contribution in [0.5, 0.6) is 0 Å². The lowest BCUT2D eigenvalue weighted by molar-refractivity contribution is 0.139. The third-order valence-corrected chi connectivity index (χ3v) is 2.73. The lowest BCUT2D eigenvalue weighted by Crippen LogP contribution is -2.25. The highest BCUT2D eigenvalue weighted by atomic mass is 31.2. The minimum atomic E-state index is -1.87. The Kier molecular flexibility index (Phi) is 6.55. The highest BCUT2D eigenvalue weighted by molar-refractivity contribution is 7.45. The molecule has 0 heterocycles. The van der Waals surface area contributed by atoms with Crippen LogP contribution < -0.4 is 5.32 Å². The van der Waals surface area contributed by atoms with Crippen LogP contribution in [0, 0.1) is 0 Å². The van der Waals surface area contributed by atoms with Gasteiger partial charge in [-0.15, -0.1) is 0 Å². The SMILES string of the molecule is O=C(NCCCP(O)O)OCc1ccccc1. The number of alkyl carbamates (subject to hydrolysis) is 1. The van der Waals surface area contributed by atoms with Gasteiger partial charge in [-0.1, -0.05) is 30.3 Å². The second kappa shape index (κ2) is 8.01. The summed E-state index contributed by atoms with van der Waals surface area (Å²) >= 11 is 0. The van der Waals surface area contributed by atoms with Gasteiger partial charge in [0, 0.05) is 12.7 Å². The fourth-order valence-electron chi connectivity index (χ4n) is 1.19. The van der Waals surface area contributed by atoms with E-state index in [4.69, 9.17) is 14.5 Å². The van der Waals surface area contributed by atoms with Crippen LogP contribution in [0.2, 0.25) is 0 Å². The second-order valence-electron chi connectivity index (χ2n) is 3.44. The molecule has 1 rings (SSSR count). The van der Waals surface area contributed by atoms with Crippen LogP contribution >= 0.6 is 8.38 Å². The van der Waals surface area contributed by atoms with Crippen molar-refractivity contribution >= 4 is 14.5 Å². The van der Waals surface area contributed by atoms with Gasteiger partial charge < -0.3 is 19.8 Å². The van der Waals surface area contributed by atoms with E-state index in [0.29, 0.717) is 19.1 Å². The van der Waals surface area contributed by atoms with Crippen LogP contribution in [0.3, 0.4) is 0 Å². The van der Waals surface area contributed by atoms with E-state index in [1.807, 2.05) is 30.3 Å². The molecule has 17 heavy (non-hydrogen) atoms. The minimum Gasteiger partial charge on any atom is -0.445 e. The Morgan fingerprint density at radius 1 is 1.29 bits per heavy atom. The van der Waals surface area contributed by atoms with Crippen molar-refractivity contribution in [3.05, 3.63) is 35.9 Å². The summed E-state index contributed by atoms with van der Waals surface area (Å²) in [6, 6.07) is 9.39. The van der Waals surface area contributed by atoms with E-state index in [2.05, 4.69) is 5.32 Å². The molecule has 0 bridgehead atoms. The van der Waals surface area contributed by atoms with Crippen LogP contribution in [0.25, 0.3) is 0 Å². The molecule has 6 heteroatoms. The van der Waals surface area contributed by atoms with Crippen molar-refractivity contribution in [3.8, 4) is 0 Å². The first-order valence-corrected chi connectivity index (χ1v) is 6.71. The van der Waals surface area contributed by atoms with Gasteiger partial charge in [-0.2, -0.15) is 0 Å². The summed E-state index contributed by atoms with van der Waals surface area (Å²) in [6.45, 7) is 0.618. The Labute approximate surface area is 101 Å². The van der Waals surface area contributed by atoms with Crippen molar-refractivity contribution < 1.29 is 19.3 Å². The number of rotatable bonds is 6. The molecule has 0 atom stereocenters. The molecule has 0 spiro atoms. The molecule has 3 N–H and O–H groups in total. The quantitative estimate of drug-likeness (QED) is 0.534. The molecule has 0 saturated heterocycles. The summed E-state index contributed by atoms with van der Waals surface area (Å²) < 4.78 is 4.97. The van der Waals surface area contributed by atoms with E-state index in [1.54, 1.807) is 0 Å². The van der Waals surface area contributed by atoms with E-state index < -0.39 is 14.5 Å². The molecule has 0 fully saturated rings. The van der Waals surface area contributed by atoms with E-state index in [-0.39, 0.29) is 6.61 Å². The molecule has 0 radical (unpaired) electrons. The molecule has 1 amide bonds. The number of ether oxygens (including phenoxy) is 1. The fourth-order valence-corrected chi connectivity index (χ4v) is 1.63. The van der Waals surface area contributed by atoms with Gasteiger partial charge in [0.2, 0.25) is 0 Å². The van der Waals surface area contributed by atoms with Crippen molar-refractivity contribution in [2.45, 2.75) is 13.0 Å². The van der Waals surface area contributed by atoms with Crippen molar-refractivity contribution in [1.29, 1.82) is 0 Å². The van der Waals surface area contributed by atoms with Gasteiger partial charge >= 0.3 is 6.09 Å². The molecular weight excluding hydrogens is 241 g/mol. The summed E-state index contributed by atoms with van der Waals surface area (Å²) in [5.41, 5.74) is 0.928. The molecule has 1 aromatic rings. The predicted octanol–water partition coefficient (Wildman–Crippen LogP) is 1.60. The van der Waals surface area contributed by atoms with E-state index in [0.717, 1.165) is 5.56 Å². The van der Waals surface area contributed by atoms with Crippen molar-refractivity contribution in [2.75, 3.05) is 12.7 Å². The predicted molar refractivity (Wildman–Crippen MR) is 65.5 cm³/mol. The van der Waals surface area contributed by atoms with Crippen molar-refractivity contribution in [3.63, 3.8) is 0 Å². The molecule has 5 nitrogen and oxygen atoms in total. The number of hydrogen-bond acceptors (Lipinski definition) is 4. The standard InChI is InChI=1S/C11H16NO4P/c13-11(12-7-4-8-17(14)15)16-9-10-5-2-1-3-6-10/h1-3,5-6,14-15H,4,7-9H2,(H,12,13). The van der Waals surface area contributed by atoms with Crippen LogP contribution in [0.15, 0.2) is 30.3 Å². The third-order valence-electron chi connectivity index (χ3n) is 2.02. The summed E-state index contributed by atoms with van der Waals surface area (Å²) in [7, 11) is -1.87. The second-order valence-corrected chi connectivity index (χ2v) is 4.63. The summed E-state index contributed by atoms with van der Waals surface area (Å²) in [4.78, 5) is 28.5. The highest BCUT2D eigenvalue weighted by Gasteiger charge is 2.03. The molecule has 0 aliphatic carbocycles. The maximum absolute atomic E-state index is 11.2. The van der Waals surface area contributed by atoms with Crippen LogP contribution in [-0.4, -0.2) is 28.6 Å². The number of carbonyl (C=O) groups is 1. The van der Waals surface area contributed by atoms with Gasteiger partial charge in [-0.05, 0) is 12.0 Å². The zero-order valence-corrected chi connectivity index (χ0v) is 10.3. The molecule has 0 aliphatic heterocycles. The topological polar surface area (TPSA) is 78.8 Å². The van der Waals surface area contributed by atoms with E-state index >= 15 is 0 Å². The molecule has 0 saturated carbocycles. The molecule has 1 aromatic carbocycles. The molecule has 0 aromatic heterocycles. The Bertz CT molecular complexity index is 332. The minimum absolute atomic E-state index is 0.235. The Morgan fingerprint density at radius 3 is 2.65 bits per heavy atom. The molecular formula is C11H16NO4P. The maximum Gasteiger partial charge on any atom is 0.407 e. The van der Waals surface area contributed by atoms with Crippen molar-refractivity contribution in [2.24, 2.45) is 0 Å². The Morgan fingerprint density at radius 2 is 2.00 bits per heavy atom. The van der Waals surface area contributed by atoms with Gasteiger partial charge in [0.1, 0.15) is 6.61 Å². The maximum atomic E-state index is 11.2. The van der Waals surface area contributed by atoms with Crippen LogP contribution in [0.1, 0.15) is 12.0 Å². The first-order chi connectivity index (χ1) is 8.18. The monoisotopic (exact) mass is 257 g/mol. The summed E-state index contributed by atoms with van der Waals surface area (Å²) in [5.74, 6) is 0. The van der Waals surface area contributed by atoms with Gasteiger partial charge in [0.15, 0.2) is 8.38 Å². The summed E-state index contributed by atoms with van der Waals surface area (Å²) in [5, 5.41) is 2.54. The highest BCUT2D eigenvalue weighted by Crippen LogP contribution is 2.22. The zero-order valence-electron chi connectivity index (χ0n) is 9.37. The lowest BCUT2D eigenvalue weighted by atomic mass is 10.2. The Balaban J connectivity index is 2.09. The largest absolute Gasteiger partial charge is 0.445 e. The van der Waals surface area contributed by atoms with Gasteiger partial charge in [-0.25, -0.2) is 4.79 Å². The normalized spacial score (nSPS) is 10.3. The third kappa shape index (κ3) is 6.89. The molecule has 0 aliphatic rings. The van der Waals surface area contributed by atoms with Crippen molar-refractivity contribution in [1.82, 2.24) is 5.32 Å². The number of amides is 1. The number of hydrogen-bond donors (Lipinski definition) is 3. The van der Waals surface area contributed by atoms with Crippen LogP contribution in [0.4, 0.5) is 4.79 Å². The van der Waals surface area contributed by atoms with E-state index in [1.165, 1.54) is 0 Å². The summed E-state index contributed by atoms with van der Waals surface area (Å²) in [6.07, 6.45) is 0.335. The zero-order chi connectivity index (χ0) is 12.5. The van der Waals surface area contributed by atoms with E-state index in [9.17, 15) is 4.79 Å². The van der Waals surface area contributed by atoms with Gasteiger partial charge in [0.05, 0.1) is 0 Å². The average Bonchev–Trinajstić information content (AvgIpc) is 2.33. The smallest absolute Gasteiger partial charge is 0.407 e. The molecule has 94 valence electrons. The first kappa shape index (κ1) is 13.9. The van der Waals surface area contributed by atoms with Gasteiger partial charge in [0.25, 0.3) is 0 Å². The lowest BCUT2D eigenvalue weighted by Gasteiger charge is -2.07. The Hall–Kier alpha value is -1.16. The molecule has 0 unspecified atom stereocenters. The fraction of sp³-hybridized carbons (Fsp3) is 0.364. The number of carbonyl (C=O) groups excluding carboxylic acids is 1. The first-order valence-electron chi connectivity index (χ1n) is 5.28. The average molecular weight is 257 g/mol. The number of benzene rings is 1.